The number of nitrogens with zero attached hydrogens (tertiary/aromatic N) is 2. The summed E-state index contributed by atoms with van der Waals surface area (Å²) in [7, 11) is 0. The number of carbonyl (C=O) groups excluding carboxylic acids is 2. The molecule has 2 aromatic heterocycles. The molecule has 10 heteroatoms. The Morgan fingerprint density at radius 1 is 1.03 bits per heavy atom. The number of carbonyl (C=O) groups is 2. The maximum absolute atomic E-state index is 13.6. The van der Waals surface area contributed by atoms with Crippen molar-refractivity contribution in [1.29, 1.82) is 0 Å². The monoisotopic (exact) mass is 465 g/mol. The Bertz CT molecular complexity index is 1050. The number of alkyl halides is 3. The molecule has 0 spiro atoms. The van der Waals surface area contributed by atoms with E-state index in [2.05, 4.69) is 0 Å². The van der Waals surface area contributed by atoms with Gasteiger partial charge in [-0.2, -0.15) is 13.2 Å². The van der Waals surface area contributed by atoms with Crippen LogP contribution in [-0.2, 0) is 0 Å². The van der Waals surface area contributed by atoms with E-state index in [1.54, 1.807) is 9.47 Å². The fraction of sp³-hybridized carbons (Fsp3) is 0.522. The van der Waals surface area contributed by atoms with Crippen LogP contribution in [0.3, 0.4) is 0 Å². The molecule has 1 atom stereocenters. The molecule has 1 N–H and O–H groups in total. The molecule has 0 aromatic carbocycles. The normalized spacial score (nSPS) is 18.3. The molecule has 2 fully saturated rings. The van der Waals surface area contributed by atoms with Crippen molar-refractivity contribution in [3.8, 4) is 0 Å². The second-order valence-electron chi connectivity index (χ2n) is 8.62. The van der Waals surface area contributed by atoms with Crippen molar-refractivity contribution in [3.05, 3.63) is 57.9 Å². The first-order chi connectivity index (χ1) is 15.8. The topological polar surface area (TPSA) is 84.6 Å². The minimum atomic E-state index is -4.83. The molecule has 4 rings (SSSR count). The summed E-state index contributed by atoms with van der Waals surface area (Å²) in [5, 5.41) is 1.88. The summed E-state index contributed by atoms with van der Waals surface area (Å²) in [6, 6.07) is -0.0501. The zero-order chi connectivity index (χ0) is 23.6. The lowest BCUT2D eigenvalue weighted by molar-refractivity contribution is -0.159. The van der Waals surface area contributed by atoms with Gasteiger partial charge in [-0.25, -0.2) is 0 Å². The molecule has 1 saturated carbocycles. The van der Waals surface area contributed by atoms with Crippen LogP contribution in [0.25, 0.3) is 0 Å². The molecule has 2 aromatic rings. The van der Waals surface area contributed by atoms with Gasteiger partial charge in [0.25, 0.3) is 11.8 Å². The Labute approximate surface area is 188 Å². The molecule has 2 aliphatic rings. The predicted molar refractivity (Wildman–Crippen MR) is 113 cm³/mol. The van der Waals surface area contributed by atoms with Crippen molar-refractivity contribution >= 4 is 11.8 Å². The minimum absolute atomic E-state index is 0.0199. The van der Waals surface area contributed by atoms with Crippen molar-refractivity contribution < 1.29 is 27.2 Å². The summed E-state index contributed by atoms with van der Waals surface area (Å²) in [5.74, 6) is -2.18. The number of nitrogens with one attached hydrogen (secondary N) is 1. The quantitative estimate of drug-likeness (QED) is 0.717. The lowest BCUT2D eigenvalue weighted by atomic mass is 10.1. The van der Waals surface area contributed by atoms with Gasteiger partial charge in [0.05, 0.1) is 6.26 Å². The highest BCUT2D eigenvalue weighted by Gasteiger charge is 2.44. The number of pyridine rings is 1. The molecule has 33 heavy (non-hydrogen) atoms. The highest BCUT2D eigenvalue weighted by Crippen LogP contribution is 2.33. The fourth-order valence-corrected chi connectivity index (χ4v) is 4.57. The molecule has 7 nitrogen and oxygen atoms in total. The summed E-state index contributed by atoms with van der Waals surface area (Å²) in [6.45, 7) is 1.01. The van der Waals surface area contributed by atoms with Crippen LogP contribution in [0, 0.1) is 0 Å². The average molecular weight is 465 g/mol. The highest BCUT2D eigenvalue weighted by atomic mass is 19.4. The maximum Gasteiger partial charge on any atom is 0.415 e. The van der Waals surface area contributed by atoms with Crippen LogP contribution in [0.2, 0.25) is 0 Å². The number of halogens is 3. The predicted octanol–water partition coefficient (Wildman–Crippen LogP) is 4.22. The van der Waals surface area contributed by atoms with Crippen LogP contribution in [0.15, 0.2) is 40.0 Å². The van der Waals surface area contributed by atoms with Crippen LogP contribution < -0.4 is 10.7 Å². The molecule has 1 saturated heterocycles. The molecule has 2 amide bonds. The third kappa shape index (κ3) is 4.99. The van der Waals surface area contributed by atoms with Crippen molar-refractivity contribution in [2.75, 3.05) is 13.1 Å². The van der Waals surface area contributed by atoms with Gasteiger partial charge in [-0.05, 0) is 44.2 Å². The Hall–Kier alpha value is -3.04. The van der Waals surface area contributed by atoms with Gasteiger partial charge in [-0.1, -0.05) is 12.8 Å². The number of amides is 2. The lowest BCUT2D eigenvalue weighted by Crippen LogP contribution is -2.42. The molecule has 1 aliphatic carbocycles. The molecule has 1 aliphatic heterocycles. The molecule has 3 heterocycles. The van der Waals surface area contributed by atoms with Gasteiger partial charge in [0.1, 0.15) is 16.9 Å². The van der Waals surface area contributed by atoms with E-state index >= 15 is 0 Å². The number of likely N-dealkylation sites (tertiary alicyclic amines) is 1. The standard InChI is InChI=1S/C23H26F3N3O4/c24-23(25,26)20(18-9-6-12-33-18)27-21(31)16-13-29(15-7-2-3-8-15)14-17(19(16)30)22(32)28-10-4-1-5-11-28/h6,9,12-15,20H,1-5,7-8,10-11H2,(H,27,31). The molecular weight excluding hydrogens is 439 g/mol. The molecular formula is C23H26F3N3O4. The van der Waals surface area contributed by atoms with Gasteiger partial charge < -0.3 is 19.2 Å². The van der Waals surface area contributed by atoms with Crippen molar-refractivity contribution in [1.82, 2.24) is 14.8 Å². The number of hydrogen-bond donors (Lipinski definition) is 1. The first-order valence-electron chi connectivity index (χ1n) is 11.2. The van der Waals surface area contributed by atoms with Gasteiger partial charge in [-0.3, -0.25) is 14.4 Å². The summed E-state index contributed by atoms with van der Waals surface area (Å²) in [5.41, 5.74) is -1.53. The summed E-state index contributed by atoms with van der Waals surface area (Å²) >= 11 is 0. The van der Waals surface area contributed by atoms with Crippen molar-refractivity contribution in [3.63, 3.8) is 0 Å². The van der Waals surface area contributed by atoms with E-state index in [0.29, 0.717) is 13.1 Å². The molecule has 0 radical (unpaired) electrons. The van der Waals surface area contributed by atoms with E-state index in [9.17, 15) is 27.6 Å². The zero-order valence-electron chi connectivity index (χ0n) is 18.1. The first-order valence-corrected chi connectivity index (χ1v) is 11.2. The summed E-state index contributed by atoms with van der Waals surface area (Å²) in [6.07, 6.45) is 5.13. The number of piperidine rings is 1. The van der Waals surface area contributed by atoms with E-state index in [1.807, 2.05) is 5.32 Å². The Kier molecular flexibility index (Phi) is 6.62. The van der Waals surface area contributed by atoms with E-state index in [1.165, 1.54) is 18.5 Å². The van der Waals surface area contributed by atoms with E-state index < -0.39 is 40.8 Å². The maximum atomic E-state index is 13.6. The van der Waals surface area contributed by atoms with Crippen LogP contribution in [0.5, 0.6) is 0 Å². The number of aromatic nitrogens is 1. The van der Waals surface area contributed by atoms with E-state index in [4.69, 9.17) is 4.42 Å². The van der Waals surface area contributed by atoms with Gasteiger partial charge in [-0.15, -0.1) is 0 Å². The molecule has 1 unspecified atom stereocenters. The van der Waals surface area contributed by atoms with Crippen molar-refractivity contribution in [2.24, 2.45) is 0 Å². The number of hydrogen-bond acceptors (Lipinski definition) is 4. The van der Waals surface area contributed by atoms with Crippen LogP contribution in [0.1, 0.15) is 83.5 Å². The first kappa shape index (κ1) is 23.1. The lowest BCUT2D eigenvalue weighted by Gasteiger charge is -2.27. The van der Waals surface area contributed by atoms with Gasteiger partial charge in [0.2, 0.25) is 5.43 Å². The van der Waals surface area contributed by atoms with Crippen LogP contribution >= 0.6 is 0 Å². The largest absolute Gasteiger partial charge is 0.467 e. The summed E-state index contributed by atoms with van der Waals surface area (Å²) in [4.78, 5) is 40.8. The molecule has 178 valence electrons. The number of rotatable bonds is 5. The SMILES string of the molecule is O=C(NC(c1ccco1)C(F)(F)F)c1cn(C2CCCC2)cc(C(=O)N2CCCCC2)c1=O. The second kappa shape index (κ2) is 9.44. The molecule has 0 bridgehead atoms. The van der Waals surface area contributed by atoms with Gasteiger partial charge in [0.15, 0.2) is 6.04 Å². The fourth-order valence-electron chi connectivity index (χ4n) is 4.57. The smallest absolute Gasteiger partial charge is 0.415 e. The van der Waals surface area contributed by atoms with Gasteiger partial charge >= 0.3 is 6.18 Å². The highest BCUT2D eigenvalue weighted by molar-refractivity contribution is 5.99. The third-order valence-electron chi connectivity index (χ3n) is 6.34. The summed E-state index contributed by atoms with van der Waals surface area (Å²) < 4.78 is 47.4. The minimum Gasteiger partial charge on any atom is -0.467 e. The third-order valence-corrected chi connectivity index (χ3v) is 6.34. The van der Waals surface area contributed by atoms with Gasteiger partial charge in [0, 0.05) is 31.5 Å². The van der Waals surface area contributed by atoms with Crippen molar-refractivity contribution in [2.45, 2.75) is 63.2 Å². The van der Waals surface area contributed by atoms with Crippen LogP contribution in [0.4, 0.5) is 13.2 Å². The Balaban J connectivity index is 1.71. The van der Waals surface area contributed by atoms with Crippen LogP contribution in [-0.4, -0.2) is 40.5 Å². The average Bonchev–Trinajstić information content (AvgIpc) is 3.51. The van der Waals surface area contributed by atoms with E-state index in [0.717, 1.165) is 57.3 Å². The Morgan fingerprint density at radius 3 is 2.30 bits per heavy atom. The van der Waals surface area contributed by atoms with E-state index in [-0.39, 0.29) is 11.6 Å². The zero-order valence-corrected chi connectivity index (χ0v) is 18.1. The number of furan rings is 1. The Morgan fingerprint density at radius 2 is 1.70 bits per heavy atom. The second-order valence-corrected chi connectivity index (χ2v) is 8.62.